The van der Waals surface area contributed by atoms with Crippen LogP contribution in [0.3, 0.4) is 0 Å². The highest BCUT2D eigenvalue weighted by atomic mass is 16.5. The van der Waals surface area contributed by atoms with E-state index < -0.39 is 11.9 Å². The molecule has 0 unspecified atom stereocenters. The van der Waals surface area contributed by atoms with Crippen molar-refractivity contribution >= 4 is 17.9 Å². The summed E-state index contributed by atoms with van der Waals surface area (Å²) < 4.78 is 12.9. The summed E-state index contributed by atoms with van der Waals surface area (Å²) in [6.07, 6.45) is -0.122. The minimum Gasteiger partial charge on any atom is -0.469 e. The maximum Gasteiger partial charge on any atom is 0.333 e. The van der Waals surface area contributed by atoms with Crippen LogP contribution in [0.5, 0.6) is 0 Å². The third-order valence-corrected chi connectivity index (χ3v) is 1.59. The molecule has 102 valence electrons. The van der Waals surface area contributed by atoms with E-state index in [9.17, 15) is 14.4 Å². The van der Waals surface area contributed by atoms with Crippen LogP contribution in [-0.4, -0.2) is 39.2 Å². The first-order valence-electron chi connectivity index (χ1n) is 4.86. The molecule has 0 aliphatic rings. The van der Waals surface area contributed by atoms with Gasteiger partial charge in [-0.2, -0.15) is 0 Å². The Morgan fingerprint density at radius 3 is 1.56 bits per heavy atom. The average Bonchev–Trinajstić information content (AvgIpc) is 2.36. The molecule has 0 bridgehead atoms. The Hall–Kier alpha value is -2.11. The molecule has 0 aromatic heterocycles. The lowest BCUT2D eigenvalue weighted by Gasteiger charge is -2.00. The number of methoxy groups -OCH3 is 3. The molecule has 0 fully saturated rings. The van der Waals surface area contributed by atoms with Crippen molar-refractivity contribution in [3.8, 4) is 0 Å². The van der Waals surface area contributed by atoms with Gasteiger partial charge in [0.05, 0.1) is 27.8 Å². The fraction of sp³-hybridized carbons (Fsp3) is 0.417. The molecule has 0 spiro atoms. The maximum absolute atomic E-state index is 10.6. The van der Waals surface area contributed by atoms with Gasteiger partial charge in [0.15, 0.2) is 0 Å². The van der Waals surface area contributed by atoms with Crippen LogP contribution in [0.2, 0.25) is 0 Å². The van der Waals surface area contributed by atoms with Gasteiger partial charge in [0, 0.05) is 11.1 Å². The van der Waals surface area contributed by atoms with Gasteiger partial charge in [-0.1, -0.05) is 13.2 Å². The summed E-state index contributed by atoms with van der Waals surface area (Å²) >= 11 is 0. The van der Waals surface area contributed by atoms with Gasteiger partial charge in [-0.05, 0) is 6.92 Å². The molecule has 0 aromatic rings. The van der Waals surface area contributed by atoms with Crippen LogP contribution < -0.4 is 0 Å². The van der Waals surface area contributed by atoms with Crippen molar-refractivity contribution < 1.29 is 28.6 Å². The molecule has 0 aromatic carbocycles. The van der Waals surface area contributed by atoms with Crippen molar-refractivity contribution in [2.24, 2.45) is 0 Å². The fourth-order valence-corrected chi connectivity index (χ4v) is 0.637. The molecule has 0 aliphatic carbocycles. The second-order valence-corrected chi connectivity index (χ2v) is 3.12. The molecular formula is C12H18O6. The summed E-state index contributed by atoms with van der Waals surface area (Å²) in [4.78, 5) is 31.4. The molecular weight excluding hydrogens is 240 g/mol. The van der Waals surface area contributed by atoms with Crippen molar-refractivity contribution in [3.05, 3.63) is 24.3 Å². The number of hydrogen-bond donors (Lipinski definition) is 0. The number of carbonyl (C=O) groups is 3. The van der Waals surface area contributed by atoms with Gasteiger partial charge in [-0.15, -0.1) is 0 Å². The average molecular weight is 258 g/mol. The number of carbonyl (C=O) groups excluding carboxylic acids is 3. The lowest BCUT2D eigenvalue weighted by molar-refractivity contribution is -0.143. The van der Waals surface area contributed by atoms with Gasteiger partial charge in [-0.25, -0.2) is 9.59 Å². The van der Waals surface area contributed by atoms with E-state index in [1.807, 2.05) is 0 Å². The summed E-state index contributed by atoms with van der Waals surface area (Å²) in [5, 5.41) is 0. The quantitative estimate of drug-likeness (QED) is 0.425. The summed E-state index contributed by atoms with van der Waals surface area (Å²) in [5.41, 5.74) is 0.529. The molecule has 6 heteroatoms. The van der Waals surface area contributed by atoms with Crippen molar-refractivity contribution in [2.45, 2.75) is 13.3 Å². The van der Waals surface area contributed by atoms with E-state index in [1.165, 1.54) is 21.3 Å². The highest BCUT2D eigenvalue weighted by molar-refractivity contribution is 5.93. The van der Waals surface area contributed by atoms with Crippen LogP contribution >= 0.6 is 0 Å². The highest BCUT2D eigenvalue weighted by Gasteiger charge is 2.11. The molecule has 0 atom stereocenters. The summed E-state index contributed by atoms with van der Waals surface area (Å²) in [5.74, 6) is -1.43. The molecule has 6 nitrogen and oxygen atoms in total. The lowest BCUT2D eigenvalue weighted by atomic mass is 10.2. The van der Waals surface area contributed by atoms with Crippen LogP contribution in [0.4, 0.5) is 0 Å². The van der Waals surface area contributed by atoms with E-state index >= 15 is 0 Å². The molecule has 0 heterocycles. The first kappa shape index (κ1) is 18.3. The Morgan fingerprint density at radius 1 is 0.889 bits per heavy atom. The van der Waals surface area contributed by atoms with Crippen molar-refractivity contribution in [1.29, 1.82) is 0 Å². The number of esters is 3. The van der Waals surface area contributed by atoms with E-state index in [0.29, 0.717) is 5.57 Å². The van der Waals surface area contributed by atoms with Crippen LogP contribution in [0, 0.1) is 0 Å². The molecule has 0 radical (unpaired) electrons. The highest BCUT2D eigenvalue weighted by Crippen LogP contribution is 2.00. The molecule has 0 N–H and O–H groups in total. The van der Waals surface area contributed by atoms with E-state index in [-0.39, 0.29) is 18.0 Å². The molecule has 0 saturated carbocycles. The molecule has 0 amide bonds. The largest absolute Gasteiger partial charge is 0.469 e. The van der Waals surface area contributed by atoms with E-state index in [4.69, 9.17) is 0 Å². The predicted octanol–water partition coefficient (Wildman–Crippen LogP) is 1.01. The SMILES string of the molecule is C=C(C)C(=O)OC.C=C(CC(=O)OC)C(=O)OC. The number of rotatable bonds is 4. The Morgan fingerprint density at radius 2 is 1.33 bits per heavy atom. The van der Waals surface area contributed by atoms with Crippen LogP contribution in [0.1, 0.15) is 13.3 Å². The first-order chi connectivity index (χ1) is 8.29. The lowest BCUT2D eigenvalue weighted by Crippen LogP contribution is -2.09. The molecule has 0 saturated heterocycles. The molecule has 0 rings (SSSR count). The zero-order chi connectivity index (χ0) is 14.7. The van der Waals surface area contributed by atoms with Crippen molar-refractivity contribution in [2.75, 3.05) is 21.3 Å². The summed E-state index contributed by atoms with van der Waals surface area (Å²) in [6, 6.07) is 0. The minimum absolute atomic E-state index is 0.0966. The molecule has 18 heavy (non-hydrogen) atoms. The van der Waals surface area contributed by atoms with Gasteiger partial charge >= 0.3 is 17.9 Å². The van der Waals surface area contributed by atoms with Crippen molar-refractivity contribution in [1.82, 2.24) is 0 Å². The second kappa shape index (κ2) is 10.1. The van der Waals surface area contributed by atoms with Crippen molar-refractivity contribution in [3.63, 3.8) is 0 Å². The minimum atomic E-state index is -0.588. The third-order valence-electron chi connectivity index (χ3n) is 1.59. The second-order valence-electron chi connectivity index (χ2n) is 3.12. The molecule has 0 aliphatic heterocycles. The van der Waals surface area contributed by atoms with Gasteiger partial charge < -0.3 is 14.2 Å². The zero-order valence-corrected chi connectivity index (χ0v) is 11.1. The van der Waals surface area contributed by atoms with Gasteiger partial charge in [-0.3, -0.25) is 4.79 Å². The van der Waals surface area contributed by atoms with Crippen LogP contribution in [-0.2, 0) is 28.6 Å². The smallest absolute Gasteiger partial charge is 0.333 e. The standard InChI is InChI=1S/C7H10O4.C5H8O2/c1-5(7(9)11-3)4-6(8)10-2;1-4(2)5(6)7-3/h1,4H2,2-3H3;1H2,2-3H3. The van der Waals surface area contributed by atoms with E-state index in [2.05, 4.69) is 27.4 Å². The Kier molecular flexibility index (Phi) is 10.2. The van der Waals surface area contributed by atoms with Crippen LogP contribution in [0.25, 0.3) is 0 Å². The normalized spacial score (nSPS) is 8.22. The maximum atomic E-state index is 10.6. The van der Waals surface area contributed by atoms with Gasteiger partial charge in [0.25, 0.3) is 0 Å². The Labute approximate surface area is 106 Å². The first-order valence-corrected chi connectivity index (χ1v) is 4.86. The van der Waals surface area contributed by atoms with Crippen LogP contribution in [0.15, 0.2) is 24.3 Å². The van der Waals surface area contributed by atoms with Gasteiger partial charge in [0.2, 0.25) is 0 Å². The summed E-state index contributed by atoms with van der Waals surface area (Å²) in [7, 11) is 3.80. The third kappa shape index (κ3) is 9.14. The van der Waals surface area contributed by atoms with E-state index in [0.717, 1.165) is 0 Å². The van der Waals surface area contributed by atoms with E-state index in [1.54, 1.807) is 6.92 Å². The zero-order valence-electron chi connectivity index (χ0n) is 11.1. The topological polar surface area (TPSA) is 78.9 Å². The predicted molar refractivity (Wildman–Crippen MR) is 64.6 cm³/mol. The monoisotopic (exact) mass is 258 g/mol. The Balaban J connectivity index is 0. The fourth-order valence-electron chi connectivity index (χ4n) is 0.637. The summed E-state index contributed by atoms with van der Waals surface area (Å²) in [6.45, 7) is 8.29. The number of hydrogen-bond acceptors (Lipinski definition) is 6. The van der Waals surface area contributed by atoms with Gasteiger partial charge in [0.1, 0.15) is 0 Å². The Bertz CT molecular complexity index is 342. The number of ether oxygens (including phenoxy) is 3.